The van der Waals surface area contributed by atoms with E-state index in [4.69, 9.17) is 34.8 Å². The molecule has 0 bridgehead atoms. The van der Waals surface area contributed by atoms with Crippen molar-refractivity contribution in [3.8, 4) is 0 Å². The minimum atomic E-state index is -0.750. The second-order valence-electron chi connectivity index (χ2n) is 1.78. The molecule has 0 saturated carbocycles. The Balaban J connectivity index is 0.000000261. The first-order valence-electron chi connectivity index (χ1n) is 3.09. The van der Waals surface area contributed by atoms with Crippen molar-refractivity contribution in [1.82, 2.24) is 0 Å². The summed E-state index contributed by atoms with van der Waals surface area (Å²) in [6.45, 7) is 0. The molecule has 1 nitrogen and oxygen atoms in total. The molecule has 66 valence electrons. The number of halogens is 3. The van der Waals surface area contributed by atoms with Crippen molar-refractivity contribution in [3.05, 3.63) is 35.9 Å². The van der Waals surface area contributed by atoms with Crippen LogP contribution in [-0.4, -0.2) is 10.6 Å². The second kappa shape index (κ2) is 7.41. The maximum atomic E-state index is 10.0. The normalized spacial score (nSPS) is 8.67. The Morgan fingerprint density at radius 2 is 1.50 bits per heavy atom. The molecular formula is C8H7Cl3O. The molecule has 0 heterocycles. The summed E-state index contributed by atoms with van der Waals surface area (Å²) in [4.78, 5) is 10.0. The first-order chi connectivity index (χ1) is 5.66. The van der Waals surface area contributed by atoms with E-state index < -0.39 is 4.30 Å². The summed E-state index contributed by atoms with van der Waals surface area (Å²) in [6.07, 6.45) is 0.833. The summed E-state index contributed by atoms with van der Waals surface area (Å²) in [5.74, 6) is 0. The van der Waals surface area contributed by atoms with Gasteiger partial charge in [0.15, 0.2) is 4.30 Å². The maximum Gasteiger partial charge on any atom is 0.180 e. The number of hydrogen-bond donors (Lipinski definition) is 0. The van der Waals surface area contributed by atoms with Gasteiger partial charge in [-0.1, -0.05) is 65.1 Å². The van der Waals surface area contributed by atoms with Crippen LogP contribution >= 0.6 is 34.8 Å². The largest absolute Gasteiger partial charge is 0.298 e. The van der Waals surface area contributed by atoms with E-state index in [1.54, 1.807) is 12.1 Å². The summed E-state index contributed by atoms with van der Waals surface area (Å²) < 4.78 is -0.750. The highest BCUT2D eigenvalue weighted by atomic mass is 35.6. The van der Waals surface area contributed by atoms with Crippen LogP contribution in [0.15, 0.2) is 30.3 Å². The molecule has 0 saturated heterocycles. The van der Waals surface area contributed by atoms with Crippen LogP contribution in [-0.2, 0) is 0 Å². The summed E-state index contributed by atoms with van der Waals surface area (Å²) in [5, 5.41) is 0. The highest BCUT2D eigenvalue weighted by molar-refractivity contribution is 6.63. The monoisotopic (exact) mass is 224 g/mol. The molecule has 0 aromatic heterocycles. The van der Waals surface area contributed by atoms with Gasteiger partial charge in [-0.3, -0.25) is 4.79 Å². The maximum absolute atomic E-state index is 10.0. The number of benzene rings is 1. The SMILES string of the molecule is ClC(Cl)Cl.O=Cc1ccccc1. The van der Waals surface area contributed by atoms with Crippen molar-refractivity contribution < 1.29 is 4.79 Å². The van der Waals surface area contributed by atoms with E-state index >= 15 is 0 Å². The topological polar surface area (TPSA) is 17.1 Å². The van der Waals surface area contributed by atoms with Gasteiger partial charge in [-0.05, 0) is 0 Å². The Kier molecular flexibility index (Phi) is 7.26. The average molecular weight is 226 g/mol. The lowest BCUT2D eigenvalue weighted by atomic mass is 10.2. The van der Waals surface area contributed by atoms with Crippen LogP contribution in [0, 0.1) is 0 Å². The first-order valence-corrected chi connectivity index (χ1v) is 4.40. The van der Waals surface area contributed by atoms with E-state index in [9.17, 15) is 4.79 Å². The number of carbonyl (C=O) groups excluding carboxylic acids is 1. The lowest BCUT2D eigenvalue weighted by molar-refractivity contribution is 0.112. The fraction of sp³-hybridized carbons (Fsp3) is 0.125. The lowest BCUT2D eigenvalue weighted by Crippen LogP contribution is -1.73. The van der Waals surface area contributed by atoms with Crippen LogP contribution in [0.3, 0.4) is 0 Å². The van der Waals surface area contributed by atoms with Gasteiger partial charge in [-0.25, -0.2) is 0 Å². The zero-order valence-electron chi connectivity index (χ0n) is 6.08. The fourth-order valence-electron chi connectivity index (χ4n) is 0.532. The first kappa shape index (κ1) is 11.8. The summed E-state index contributed by atoms with van der Waals surface area (Å²) in [6, 6.07) is 9.10. The Morgan fingerprint density at radius 3 is 1.75 bits per heavy atom. The minimum Gasteiger partial charge on any atom is -0.298 e. The van der Waals surface area contributed by atoms with E-state index in [-0.39, 0.29) is 0 Å². The fourth-order valence-corrected chi connectivity index (χ4v) is 0.532. The highest BCUT2D eigenvalue weighted by Crippen LogP contribution is 2.03. The summed E-state index contributed by atoms with van der Waals surface area (Å²) in [5.41, 5.74) is 0.729. The molecule has 0 fully saturated rings. The molecule has 0 spiro atoms. The smallest absolute Gasteiger partial charge is 0.180 e. The zero-order chi connectivity index (χ0) is 9.40. The van der Waals surface area contributed by atoms with Gasteiger partial charge in [0, 0.05) is 5.56 Å². The molecule has 0 atom stereocenters. The van der Waals surface area contributed by atoms with Crippen LogP contribution in [0.25, 0.3) is 0 Å². The quantitative estimate of drug-likeness (QED) is 0.528. The van der Waals surface area contributed by atoms with Crippen molar-refractivity contribution in [3.63, 3.8) is 0 Å². The van der Waals surface area contributed by atoms with Gasteiger partial charge in [0.1, 0.15) is 6.29 Å². The van der Waals surface area contributed by atoms with Gasteiger partial charge in [0.25, 0.3) is 0 Å². The average Bonchev–Trinajstić information content (AvgIpc) is 2.05. The third-order valence-electron chi connectivity index (χ3n) is 0.936. The van der Waals surface area contributed by atoms with Gasteiger partial charge in [-0.15, -0.1) is 0 Å². The van der Waals surface area contributed by atoms with Crippen LogP contribution in [0.1, 0.15) is 10.4 Å². The third-order valence-corrected chi connectivity index (χ3v) is 0.936. The molecule has 0 aliphatic rings. The van der Waals surface area contributed by atoms with Crippen LogP contribution in [0.5, 0.6) is 0 Å². The number of alkyl halides is 3. The van der Waals surface area contributed by atoms with E-state index in [1.165, 1.54) is 0 Å². The van der Waals surface area contributed by atoms with Crippen molar-refractivity contribution in [2.45, 2.75) is 4.30 Å². The molecule has 0 aliphatic carbocycles. The van der Waals surface area contributed by atoms with Crippen LogP contribution < -0.4 is 0 Å². The molecular weight excluding hydrogens is 218 g/mol. The molecule has 0 aliphatic heterocycles. The van der Waals surface area contributed by atoms with Crippen molar-refractivity contribution in [2.75, 3.05) is 0 Å². The molecule has 1 aromatic carbocycles. The molecule has 0 radical (unpaired) electrons. The van der Waals surface area contributed by atoms with E-state index in [2.05, 4.69) is 0 Å². The molecule has 1 aromatic rings. The minimum absolute atomic E-state index is 0.729. The summed E-state index contributed by atoms with van der Waals surface area (Å²) in [7, 11) is 0. The predicted molar refractivity (Wildman–Crippen MR) is 53.2 cm³/mol. The van der Waals surface area contributed by atoms with Crippen molar-refractivity contribution in [1.29, 1.82) is 0 Å². The Bertz CT molecular complexity index is 208. The molecule has 4 heteroatoms. The zero-order valence-corrected chi connectivity index (χ0v) is 8.35. The van der Waals surface area contributed by atoms with E-state index in [0.717, 1.165) is 11.8 Å². The standard InChI is InChI=1S/C7H6O.CHCl3/c8-6-7-4-2-1-3-5-7;2-1(3)4/h1-6H;1H. The van der Waals surface area contributed by atoms with Crippen LogP contribution in [0.2, 0.25) is 0 Å². The van der Waals surface area contributed by atoms with Gasteiger partial charge < -0.3 is 0 Å². The molecule has 0 unspecified atom stereocenters. The summed E-state index contributed by atoms with van der Waals surface area (Å²) >= 11 is 14.4. The predicted octanol–water partition coefficient (Wildman–Crippen LogP) is 3.49. The van der Waals surface area contributed by atoms with Gasteiger partial charge in [0.05, 0.1) is 0 Å². The van der Waals surface area contributed by atoms with Crippen LogP contribution in [0.4, 0.5) is 0 Å². The second-order valence-corrected chi connectivity index (χ2v) is 3.76. The Labute approximate surface area is 86.2 Å². The van der Waals surface area contributed by atoms with E-state index in [0.29, 0.717) is 0 Å². The van der Waals surface area contributed by atoms with Gasteiger partial charge >= 0.3 is 0 Å². The number of hydrogen-bond acceptors (Lipinski definition) is 1. The van der Waals surface area contributed by atoms with Crippen molar-refractivity contribution >= 4 is 41.1 Å². The van der Waals surface area contributed by atoms with Crippen molar-refractivity contribution in [2.24, 2.45) is 0 Å². The van der Waals surface area contributed by atoms with Gasteiger partial charge in [0.2, 0.25) is 0 Å². The molecule has 0 amide bonds. The molecule has 12 heavy (non-hydrogen) atoms. The Morgan fingerprint density at radius 1 is 1.08 bits per heavy atom. The Hall–Kier alpha value is -0.240. The van der Waals surface area contributed by atoms with Gasteiger partial charge in [-0.2, -0.15) is 0 Å². The van der Waals surface area contributed by atoms with E-state index in [1.807, 2.05) is 18.2 Å². The highest BCUT2D eigenvalue weighted by Gasteiger charge is 1.80. The number of carbonyl (C=O) groups is 1. The molecule has 1 rings (SSSR count). The number of aldehydes is 1. The third kappa shape index (κ3) is 7.86. The molecule has 0 N–H and O–H groups in total. The lowest BCUT2D eigenvalue weighted by Gasteiger charge is -1.81. The number of rotatable bonds is 1.